The fraction of sp³-hybridized carbons (Fsp3) is 0.500. The molecule has 1 aromatic carbocycles. The van der Waals surface area contributed by atoms with E-state index in [0.717, 1.165) is 4.90 Å². The number of nitrogens with one attached hydrogen (secondary N) is 1. The molecule has 0 heterocycles. The Morgan fingerprint density at radius 3 is 2.19 bits per heavy atom. The molecule has 0 spiro atoms. The summed E-state index contributed by atoms with van der Waals surface area (Å²) in [7, 11) is 1.51. The van der Waals surface area contributed by atoms with Crippen LogP contribution < -0.4 is 11.1 Å². The average Bonchev–Trinajstić information content (AvgIpc) is 2.42. The second-order valence-electron chi connectivity index (χ2n) is 4.80. The maximum atomic E-state index is 12.6. The first kappa shape index (κ1) is 17.5. The summed E-state index contributed by atoms with van der Waals surface area (Å²) >= 11 is 0. The number of alkyl halides is 3. The quantitative estimate of drug-likeness (QED) is 0.802. The van der Waals surface area contributed by atoms with Gasteiger partial charge in [-0.05, 0) is 19.2 Å². The molecule has 0 bridgehead atoms. The SMILES string of the molecule is CCN(CC(F)(F)F)CC(NC)(C(N)=O)c1ccccc1. The van der Waals surface area contributed by atoms with Gasteiger partial charge in [-0.1, -0.05) is 37.3 Å². The minimum Gasteiger partial charge on any atom is -0.368 e. The Kier molecular flexibility index (Phi) is 5.74. The number of hydrogen-bond acceptors (Lipinski definition) is 3. The van der Waals surface area contributed by atoms with Crippen LogP contribution in [0.25, 0.3) is 0 Å². The van der Waals surface area contributed by atoms with Crippen molar-refractivity contribution >= 4 is 5.91 Å². The van der Waals surface area contributed by atoms with Crippen molar-refractivity contribution in [3.63, 3.8) is 0 Å². The Bertz CT molecular complexity index is 464. The normalized spacial score (nSPS) is 15.0. The molecule has 1 unspecified atom stereocenters. The zero-order valence-corrected chi connectivity index (χ0v) is 12.1. The van der Waals surface area contributed by atoms with Crippen LogP contribution in [0.3, 0.4) is 0 Å². The van der Waals surface area contributed by atoms with Crippen LogP contribution in [-0.2, 0) is 10.3 Å². The van der Waals surface area contributed by atoms with Crippen molar-refractivity contribution < 1.29 is 18.0 Å². The van der Waals surface area contributed by atoms with Gasteiger partial charge in [-0.2, -0.15) is 13.2 Å². The number of benzene rings is 1. The molecule has 3 N–H and O–H groups in total. The van der Waals surface area contributed by atoms with Crippen molar-refractivity contribution in [2.75, 3.05) is 26.7 Å². The zero-order valence-electron chi connectivity index (χ0n) is 12.1. The van der Waals surface area contributed by atoms with Crippen LogP contribution in [-0.4, -0.2) is 43.7 Å². The van der Waals surface area contributed by atoms with Gasteiger partial charge in [0.25, 0.3) is 0 Å². The molecule has 0 aromatic heterocycles. The highest BCUT2D eigenvalue weighted by Gasteiger charge is 2.41. The maximum absolute atomic E-state index is 12.6. The first-order valence-corrected chi connectivity index (χ1v) is 6.58. The lowest BCUT2D eigenvalue weighted by atomic mass is 9.88. The Balaban J connectivity index is 3.11. The lowest BCUT2D eigenvalue weighted by Crippen LogP contribution is -2.58. The Labute approximate surface area is 122 Å². The van der Waals surface area contributed by atoms with Crippen LogP contribution >= 0.6 is 0 Å². The number of hydrogen-bond donors (Lipinski definition) is 2. The zero-order chi connectivity index (χ0) is 16.1. The first-order chi connectivity index (χ1) is 9.75. The van der Waals surface area contributed by atoms with E-state index in [-0.39, 0.29) is 13.1 Å². The molecule has 1 aromatic rings. The molecule has 0 aliphatic carbocycles. The molecule has 0 saturated carbocycles. The molecule has 0 radical (unpaired) electrons. The predicted molar refractivity (Wildman–Crippen MR) is 74.5 cm³/mol. The van der Waals surface area contributed by atoms with E-state index in [2.05, 4.69) is 5.32 Å². The summed E-state index contributed by atoms with van der Waals surface area (Å²) in [5.74, 6) is -0.711. The van der Waals surface area contributed by atoms with Crippen LogP contribution in [0.5, 0.6) is 0 Å². The van der Waals surface area contributed by atoms with E-state index < -0.39 is 24.2 Å². The van der Waals surface area contributed by atoms with Gasteiger partial charge in [-0.25, -0.2) is 0 Å². The average molecular weight is 303 g/mol. The van der Waals surface area contributed by atoms with Crippen molar-refractivity contribution in [1.29, 1.82) is 0 Å². The molecular formula is C14H20F3N3O. The molecule has 1 atom stereocenters. The third kappa shape index (κ3) is 4.44. The molecule has 0 aliphatic rings. The number of amides is 1. The van der Waals surface area contributed by atoms with Crippen LogP contribution in [0, 0.1) is 0 Å². The number of carbonyl (C=O) groups is 1. The Hall–Kier alpha value is -1.60. The summed E-state index contributed by atoms with van der Waals surface area (Å²) in [6.45, 7) is 0.521. The number of rotatable bonds is 7. The van der Waals surface area contributed by atoms with E-state index in [1.807, 2.05) is 0 Å². The molecular weight excluding hydrogens is 283 g/mol. The van der Waals surface area contributed by atoms with Crippen molar-refractivity contribution in [2.45, 2.75) is 18.6 Å². The van der Waals surface area contributed by atoms with Crippen LogP contribution in [0.1, 0.15) is 12.5 Å². The van der Waals surface area contributed by atoms with Gasteiger partial charge < -0.3 is 11.1 Å². The second-order valence-corrected chi connectivity index (χ2v) is 4.80. The fourth-order valence-electron chi connectivity index (χ4n) is 2.25. The molecule has 0 aliphatic heterocycles. The van der Waals surface area contributed by atoms with Crippen molar-refractivity contribution in [2.24, 2.45) is 5.73 Å². The fourth-order valence-corrected chi connectivity index (χ4v) is 2.25. The van der Waals surface area contributed by atoms with E-state index in [4.69, 9.17) is 5.73 Å². The molecule has 7 heteroatoms. The lowest BCUT2D eigenvalue weighted by molar-refractivity contribution is -0.150. The van der Waals surface area contributed by atoms with E-state index in [1.165, 1.54) is 7.05 Å². The van der Waals surface area contributed by atoms with Gasteiger partial charge in [0.05, 0.1) is 6.54 Å². The van der Waals surface area contributed by atoms with Crippen LogP contribution in [0.15, 0.2) is 30.3 Å². The molecule has 1 amide bonds. The van der Waals surface area contributed by atoms with Gasteiger partial charge in [0.2, 0.25) is 5.91 Å². The number of carbonyl (C=O) groups excluding carboxylic acids is 1. The minimum atomic E-state index is -4.33. The third-order valence-corrected chi connectivity index (χ3v) is 3.42. The van der Waals surface area contributed by atoms with Gasteiger partial charge in [-0.15, -0.1) is 0 Å². The van der Waals surface area contributed by atoms with Gasteiger partial charge in [0.1, 0.15) is 5.54 Å². The Morgan fingerprint density at radius 1 is 1.24 bits per heavy atom. The Morgan fingerprint density at radius 2 is 1.81 bits per heavy atom. The number of likely N-dealkylation sites (N-methyl/N-ethyl adjacent to an activating group) is 2. The van der Waals surface area contributed by atoms with Crippen molar-refractivity contribution in [3.8, 4) is 0 Å². The second kappa shape index (κ2) is 6.91. The van der Waals surface area contributed by atoms with Gasteiger partial charge >= 0.3 is 6.18 Å². The summed E-state index contributed by atoms with van der Waals surface area (Å²) in [5, 5.41) is 2.80. The number of halogens is 3. The van der Waals surface area contributed by atoms with Crippen LogP contribution in [0.4, 0.5) is 13.2 Å². The molecule has 0 saturated heterocycles. The number of nitrogens with zero attached hydrogens (tertiary/aromatic N) is 1. The summed E-state index contributed by atoms with van der Waals surface area (Å²) in [4.78, 5) is 13.1. The monoisotopic (exact) mass is 303 g/mol. The first-order valence-electron chi connectivity index (χ1n) is 6.58. The van der Waals surface area contributed by atoms with Crippen LogP contribution in [0.2, 0.25) is 0 Å². The number of nitrogens with two attached hydrogens (primary N) is 1. The predicted octanol–water partition coefficient (Wildman–Crippen LogP) is 1.47. The smallest absolute Gasteiger partial charge is 0.368 e. The highest BCUT2D eigenvalue weighted by Crippen LogP contribution is 2.24. The van der Waals surface area contributed by atoms with E-state index in [1.54, 1.807) is 37.3 Å². The number of primary amides is 1. The highest BCUT2D eigenvalue weighted by molar-refractivity contribution is 5.86. The van der Waals surface area contributed by atoms with Crippen molar-refractivity contribution in [3.05, 3.63) is 35.9 Å². The lowest BCUT2D eigenvalue weighted by Gasteiger charge is -2.36. The summed E-state index contributed by atoms with van der Waals surface area (Å²) in [5.41, 5.74) is 4.66. The standard InChI is InChI=1S/C14H20F3N3O/c1-3-20(10-14(15,16)17)9-13(19-2,12(18)21)11-7-5-4-6-8-11/h4-8,19H,3,9-10H2,1-2H3,(H2,18,21). The van der Waals surface area contributed by atoms with E-state index in [9.17, 15) is 18.0 Å². The maximum Gasteiger partial charge on any atom is 0.401 e. The van der Waals surface area contributed by atoms with Crippen molar-refractivity contribution in [1.82, 2.24) is 10.2 Å². The van der Waals surface area contributed by atoms with Gasteiger partial charge in [0, 0.05) is 6.54 Å². The molecule has 4 nitrogen and oxygen atoms in total. The third-order valence-electron chi connectivity index (χ3n) is 3.42. The van der Waals surface area contributed by atoms with E-state index in [0.29, 0.717) is 5.56 Å². The summed E-state index contributed by atoms with van der Waals surface area (Å²) in [6.07, 6.45) is -4.33. The van der Waals surface area contributed by atoms with Gasteiger partial charge in [0.15, 0.2) is 0 Å². The summed E-state index contributed by atoms with van der Waals surface area (Å²) < 4.78 is 37.8. The largest absolute Gasteiger partial charge is 0.401 e. The minimum absolute atomic E-state index is 0.154. The molecule has 1 rings (SSSR count). The topological polar surface area (TPSA) is 58.4 Å². The van der Waals surface area contributed by atoms with E-state index >= 15 is 0 Å². The van der Waals surface area contributed by atoms with Gasteiger partial charge in [-0.3, -0.25) is 9.69 Å². The summed E-state index contributed by atoms with van der Waals surface area (Å²) in [6, 6.07) is 8.53. The molecule has 0 fully saturated rings. The molecule has 118 valence electrons. The molecule has 21 heavy (non-hydrogen) atoms. The highest BCUT2D eigenvalue weighted by atomic mass is 19.4.